The lowest BCUT2D eigenvalue weighted by atomic mass is 10.1. The molecule has 6 nitrogen and oxygen atoms in total. The van der Waals surface area contributed by atoms with Crippen LogP contribution in [0.5, 0.6) is 0 Å². The van der Waals surface area contributed by atoms with Gasteiger partial charge in [0.15, 0.2) is 0 Å². The number of hydrogen-bond acceptors (Lipinski definition) is 4. The highest BCUT2D eigenvalue weighted by molar-refractivity contribution is 6.05. The molecule has 0 aromatic heterocycles. The first-order valence-electron chi connectivity index (χ1n) is 9.68. The van der Waals surface area contributed by atoms with Crippen molar-refractivity contribution in [2.24, 2.45) is 0 Å². The number of amides is 2. The van der Waals surface area contributed by atoms with Crippen LogP contribution in [0, 0.1) is 0 Å². The number of nitrogens with zero attached hydrogens (tertiary/aromatic N) is 2. The smallest absolute Gasteiger partial charge is 0.337 e. The van der Waals surface area contributed by atoms with Gasteiger partial charge in [0.1, 0.15) is 0 Å². The van der Waals surface area contributed by atoms with E-state index in [9.17, 15) is 14.4 Å². The molecular formula is C23H22N2O4. The van der Waals surface area contributed by atoms with Crippen LogP contribution in [-0.4, -0.2) is 38.0 Å². The molecule has 0 unspecified atom stereocenters. The number of hydrogen-bond donors (Lipinski definition) is 0. The molecule has 1 saturated heterocycles. The summed E-state index contributed by atoms with van der Waals surface area (Å²) in [6.45, 7) is 1.34. The van der Waals surface area contributed by atoms with Gasteiger partial charge in [-0.1, -0.05) is 12.1 Å². The van der Waals surface area contributed by atoms with Crippen molar-refractivity contribution in [3.63, 3.8) is 0 Å². The first-order valence-corrected chi connectivity index (χ1v) is 9.68. The van der Waals surface area contributed by atoms with E-state index in [1.807, 2.05) is 24.3 Å². The Hall–Kier alpha value is -3.41. The summed E-state index contributed by atoms with van der Waals surface area (Å²) in [7, 11) is 1.35. The van der Waals surface area contributed by atoms with Crippen LogP contribution in [0.3, 0.4) is 0 Å². The second-order valence-electron chi connectivity index (χ2n) is 7.15. The molecule has 2 aromatic rings. The number of carbonyl (C=O) groups is 3. The maximum Gasteiger partial charge on any atom is 0.337 e. The number of carbonyl (C=O) groups excluding carboxylic acids is 3. The molecule has 2 heterocycles. The Labute approximate surface area is 169 Å². The summed E-state index contributed by atoms with van der Waals surface area (Å²) in [5, 5.41) is 0. The van der Waals surface area contributed by atoms with E-state index in [0.29, 0.717) is 24.9 Å². The molecule has 0 saturated carbocycles. The predicted molar refractivity (Wildman–Crippen MR) is 111 cm³/mol. The average Bonchev–Trinajstić information content (AvgIpc) is 3.37. The highest BCUT2D eigenvalue weighted by Crippen LogP contribution is 2.29. The molecule has 0 aliphatic carbocycles. The second-order valence-corrected chi connectivity index (χ2v) is 7.15. The molecule has 0 N–H and O–H groups in total. The number of esters is 1. The van der Waals surface area contributed by atoms with Crippen LogP contribution in [0.25, 0.3) is 6.08 Å². The Kier molecular flexibility index (Phi) is 5.16. The summed E-state index contributed by atoms with van der Waals surface area (Å²) in [4.78, 5) is 39.7. The van der Waals surface area contributed by atoms with Crippen LogP contribution in [0.2, 0.25) is 0 Å². The maximum atomic E-state index is 12.7. The zero-order valence-corrected chi connectivity index (χ0v) is 16.3. The van der Waals surface area contributed by atoms with Crippen molar-refractivity contribution in [2.75, 3.05) is 30.0 Å². The first kappa shape index (κ1) is 18.9. The number of rotatable bonds is 4. The standard InChI is InChI=1S/C23H22N2O4/c1-29-23(28)18-7-10-20-17(15-18)12-14-25(20)22(27)11-6-16-4-8-19(9-5-16)24-13-2-3-21(24)26/h4-11,15H,2-3,12-14H2,1H3/b11-6+. The Bertz CT molecular complexity index is 994. The quantitative estimate of drug-likeness (QED) is 0.594. The predicted octanol–water partition coefficient (Wildman–Crippen LogP) is 3.20. The van der Waals surface area contributed by atoms with Gasteiger partial charge in [-0.2, -0.15) is 0 Å². The molecule has 29 heavy (non-hydrogen) atoms. The minimum absolute atomic E-state index is 0.103. The van der Waals surface area contributed by atoms with Crippen molar-refractivity contribution >= 4 is 35.2 Å². The van der Waals surface area contributed by atoms with Gasteiger partial charge in [0.2, 0.25) is 5.91 Å². The van der Waals surface area contributed by atoms with E-state index >= 15 is 0 Å². The molecule has 148 valence electrons. The fraction of sp³-hybridized carbons (Fsp3) is 0.261. The molecule has 0 bridgehead atoms. The van der Waals surface area contributed by atoms with Gasteiger partial charge in [0.05, 0.1) is 12.7 Å². The molecule has 2 aliphatic heterocycles. The molecule has 2 amide bonds. The largest absolute Gasteiger partial charge is 0.465 e. The van der Waals surface area contributed by atoms with Crippen molar-refractivity contribution in [2.45, 2.75) is 19.3 Å². The SMILES string of the molecule is COC(=O)c1ccc2c(c1)CCN2C(=O)/C=C/c1ccc(N2CCCC2=O)cc1. The van der Waals surface area contributed by atoms with Gasteiger partial charge in [-0.05, 0) is 60.4 Å². The molecule has 4 rings (SSSR count). The zero-order valence-electron chi connectivity index (χ0n) is 16.3. The van der Waals surface area contributed by atoms with Crippen molar-refractivity contribution in [3.05, 3.63) is 65.2 Å². The lowest BCUT2D eigenvalue weighted by molar-refractivity contribution is -0.117. The number of ether oxygens (including phenoxy) is 1. The highest BCUT2D eigenvalue weighted by atomic mass is 16.5. The van der Waals surface area contributed by atoms with Gasteiger partial charge in [-0.15, -0.1) is 0 Å². The third-order valence-electron chi connectivity index (χ3n) is 5.36. The van der Waals surface area contributed by atoms with E-state index in [1.165, 1.54) is 7.11 Å². The summed E-state index contributed by atoms with van der Waals surface area (Å²) >= 11 is 0. The van der Waals surface area contributed by atoms with Gasteiger partial charge in [-0.25, -0.2) is 4.79 Å². The van der Waals surface area contributed by atoms with Gasteiger partial charge in [-0.3, -0.25) is 9.59 Å². The normalized spacial score (nSPS) is 15.8. The van der Waals surface area contributed by atoms with Crippen molar-refractivity contribution in [1.29, 1.82) is 0 Å². The Balaban J connectivity index is 1.44. The van der Waals surface area contributed by atoms with Gasteiger partial charge in [0.25, 0.3) is 5.91 Å². The van der Waals surface area contributed by atoms with Gasteiger partial charge >= 0.3 is 5.97 Å². The van der Waals surface area contributed by atoms with Gasteiger partial charge < -0.3 is 14.5 Å². The fourth-order valence-corrected chi connectivity index (χ4v) is 3.82. The van der Waals surface area contributed by atoms with E-state index in [1.54, 1.807) is 40.2 Å². The Morgan fingerprint density at radius 2 is 1.83 bits per heavy atom. The molecule has 0 spiro atoms. The van der Waals surface area contributed by atoms with Crippen molar-refractivity contribution in [3.8, 4) is 0 Å². The summed E-state index contributed by atoms with van der Waals surface area (Å²) in [6.07, 6.45) is 5.54. The topological polar surface area (TPSA) is 66.9 Å². The third-order valence-corrected chi connectivity index (χ3v) is 5.36. The van der Waals surface area contributed by atoms with Gasteiger partial charge in [0, 0.05) is 37.0 Å². The maximum absolute atomic E-state index is 12.7. The third kappa shape index (κ3) is 3.78. The minimum Gasteiger partial charge on any atom is -0.465 e. The monoisotopic (exact) mass is 390 g/mol. The fourth-order valence-electron chi connectivity index (χ4n) is 3.82. The molecular weight excluding hydrogens is 368 g/mol. The van der Waals surface area contributed by atoms with Crippen LogP contribution < -0.4 is 9.80 Å². The number of methoxy groups -OCH3 is 1. The van der Waals surface area contributed by atoms with E-state index in [0.717, 1.165) is 35.5 Å². The summed E-state index contributed by atoms with van der Waals surface area (Å²) in [5.41, 5.74) is 4.08. The van der Waals surface area contributed by atoms with Crippen LogP contribution in [0.15, 0.2) is 48.5 Å². The zero-order chi connectivity index (χ0) is 20.4. The Morgan fingerprint density at radius 3 is 2.52 bits per heavy atom. The number of benzene rings is 2. The molecule has 2 aromatic carbocycles. The lowest BCUT2D eigenvalue weighted by Crippen LogP contribution is -2.26. The van der Waals surface area contributed by atoms with Crippen molar-refractivity contribution in [1.82, 2.24) is 0 Å². The number of anilines is 2. The van der Waals surface area contributed by atoms with Crippen LogP contribution in [0.4, 0.5) is 11.4 Å². The molecule has 0 atom stereocenters. The lowest BCUT2D eigenvalue weighted by Gasteiger charge is -2.16. The van der Waals surface area contributed by atoms with Crippen LogP contribution in [-0.2, 0) is 20.7 Å². The van der Waals surface area contributed by atoms with E-state index in [2.05, 4.69) is 0 Å². The van der Waals surface area contributed by atoms with E-state index in [-0.39, 0.29) is 17.8 Å². The van der Waals surface area contributed by atoms with Crippen LogP contribution in [0.1, 0.15) is 34.3 Å². The second kappa shape index (κ2) is 7.91. The highest BCUT2D eigenvalue weighted by Gasteiger charge is 2.24. The Morgan fingerprint density at radius 1 is 1.03 bits per heavy atom. The minimum atomic E-state index is -0.378. The van der Waals surface area contributed by atoms with Crippen molar-refractivity contribution < 1.29 is 19.1 Å². The summed E-state index contributed by atoms with van der Waals surface area (Å²) in [5.74, 6) is -0.323. The molecule has 1 fully saturated rings. The average molecular weight is 390 g/mol. The molecule has 0 radical (unpaired) electrons. The van der Waals surface area contributed by atoms with E-state index in [4.69, 9.17) is 4.74 Å². The first-order chi connectivity index (χ1) is 14.1. The van der Waals surface area contributed by atoms with E-state index < -0.39 is 0 Å². The molecule has 6 heteroatoms. The summed E-state index contributed by atoms with van der Waals surface area (Å²) in [6, 6.07) is 12.9. The van der Waals surface area contributed by atoms with Crippen LogP contribution >= 0.6 is 0 Å². The number of fused-ring (bicyclic) bond motifs is 1. The summed E-state index contributed by atoms with van der Waals surface area (Å²) < 4.78 is 4.75. The molecule has 2 aliphatic rings.